The third-order valence-corrected chi connectivity index (χ3v) is 8.94. The van der Waals surface area contributed by atoms with Crippen molar-refractivity contribution in [3.8, 4) is 22.0 Å². The Balaban J connectivity index is 1.14. The Morgan fingerprint density at radius 1 is 1.18 bits per heavy atom. The van der Waals surface area contributed by atoms with Gasteiger partial charge in [0.15, 0.2) is 5.76 Å². The molecule has 1 aliphatic rings. The average Bonchev–Trinajstić information content (AvgIpc) is 3.70. The number of amides is 2. The Hall–Kier alpha value is -3.01. The Bertz CT molecular complexity index is 1350. The number of hydrogen-bond acceptors (Lipinski definition) is 7. The van der Waals surface area contributed by atoms with Gasteiger partial charge in [0, 0.05) is 42.5 Å². The minimum Gasteiger partial charge on any atom is -0.454 e. The molecule has 1 aliphatic heterocycles. The number of para-hydroxylation sites is 1. The number of benzene rings is 1. The minimum atomic E-state index is -0.0660. The van der Waals surface area contributed by atoms with Crippen LogP contribution in [0.2, 0.25) is 0 Å². The normalized spacial score (nSPS) is 16.1. The maximum absolute atomic E-state index is 13.0. The van der Waals surface area contributed by atoms with E-state index in [1.807, 2.05) is 65.9 Å². The van der Waals surface area contributed by atoms with Crippen molar-refractivity contribution in [2.24, 2.45) is 5.92 Å². The zero-order valence-corrected chi connectivity index (χ0v) is 23.6. The number of hydrogen-bond donors (Lipinski definition) is 1. The van der Waals surface area contributed by atoms with Crippen LogP contribution in [-0.4, -0.2) is 65.9 Å². The summed E-state index contributed by atoms with van der Waals surface area (Å²) in [7, 11) is 0. The molecule has 200 valence electrons. The van der Waals surface area contributed by atoms with E-state index in [1.165, 1.54) is 22.7 Å². The zero-order valence-electron chi connectivity index (χ0n) is 21.9. The highest BCUT2D eigenvalue weighted by Gasteiger charge is 2.28. The number of nitrogens with one attached hydrogen (secondary N) is 1. The Morgan fingerprint density at radius 3 is 2.84 bits per heavy atom. The molecule has 1 fully saturated rings. The highest BCUT2D eigenvalue weighted by Crippen LogP contribution is 2.35. The molecule has 7 nitrogen and oxygen atoms in total. The number of carbonyl (C=O) groups is 2. The first-order chi connectivity index (χ1) is 18.6. The van der Waals surface area contributed by atoms with Crippen LogP contribution in [0.25, 0.3) is 33.0 Å². The third-order valence-electron chi connectivity index (χ3n) is 7.15. The van der Waals surface area contributed by atoms with Crippen LogP contribution in [0.5, 0.6) is 0 Å². The second kappa shape index (κ2) is 12.2. The van der Waals surface area contributed by atoms with Gasteiger partial charge >= 0.3 is 0 Å². The standard InChI is InChI=1S/C29H34N4O3S2/c1-3-33(4-2)29(35)21-10-7-14-32(18-21)15-8-13-30-27(34)26-22(12-16-37-26)28-31-23(19-38-28)25-17-20-9-5-6-11-24(20)36-25/h5-6,9,11-12,16-17,19,21H,3-4,7-8,10,13-15,18H2,1-2H3,(H,30,34). The molecule has 5 rings (SSSR count). The van der Waals surface area contributed by atoms with Crippen molar-refractivity contribution in [2.75, 3.05) is 39.3 Å². The van der Waals surface area contributed by atoms with Crippen molar-refractivity contribution in [1.82, 2.24) is 20.1 Å². The van der Waals surface area contributed by atoms with Crippen molar-refractivity contribution in [2.45, 2.75) is 33.1 Å². The fraction of sp³-hybridized carbons (Fsp3) is 0.414. The largest absolute Gasteiger partial charge is 0.454 e. The molecule has 9 heteroatoms. The predicted octanol–water partition coefficient (Wildman–Crippen LogP) is 5.99. The van der Waals surface area contributed by atoms with Gasteiger partial charge in [-0.15, -0.1) is 22.7 Å². The van der Waals surface area contributed by atoms with Gasteiger partial charge in [-0.25, -0.2) is 4.98 Å². The maximum atomic E-state index is 13.0. The summed E-state index contributed by atoms with van der Waals surface area (Å²) in [5.74, 6) is 1.04. The van der Waals surface area contributed by atoms with Gasteiger partial charge in [0.1, 0.15) is 21.2 Å². The van der Waals surface area contributed by atoms with E-state index in [2.05, 4.69) is 10.2 Å². The van der Waals surface area contributed by atoms with E-state index in [0.717, 1.165) is 85.0 Å². The van der Waals surface area contributed by atoms with E-state index in [9.17, 15) is 9.59 Å². The maximum Gasteiger partial charge on any atom is 0.262 e. The number of thiophene rings is 1. The van der Waals surface area contributed by atoms with Crippen LogP contribution >= 0.6 is 22.7 Å². The first kappa shape index (κ1) is 26.6. The average molecular weight is 551 g/mol. The van der Waals surface area contributed by atoms with Crippen molar-refractivity contribution in [3.63, 3.8) is 0 Å². The van der Waals surface area contributed by atoms with Crippen molar-refractivity contribution in [3.05, 3.63) is 52.0 Å². The number of piperidine rings is 1. The van der Waals surface area contributed by atoms with Crippen LogP contribution in [0.1, 0.15) is 42.8 Å². The summed E-state index contributed by atoms with van der Waals surface area (Å²) in [6, 6.07) is 11.9. The lowest BCUT2D eigenvalue weighted by Crippen LogP contribution is -2.45. The SMILES string of the molecule is CCN(CC)C(=O)C1CCCN(CCCNC(=O)c2sccc2-c2nc(-c3cc4ccccc4o3)cs2)C1. The molecule has 0 aliphatic carbocycles. The third kappa shape index (κ3) is 5.85. The zero-order chi connectivity index (χ0) is 26.5. The van der Waals surface area contributed by atoms with Crippen LogP contribution < -0.4 is 5.32 Å². The van der Waals surface area contributed by atoms with Crippen molar-refractivity contribution < 1.29 is 14.0 Å². The summed E-state index contributed by atoms with van der Waals surface area (Å²) >= 11 is 2.95. The molecular formula is C29H34N4O3S2. The fourth-order valence-corrected chi connectivity index (χ4v) is 6.83. The molecule has 4 aromatic rings. The molecule has 1 unspecified atom stereocenters. The number of fused-ring (bicyclic) bond motifs is 1. The number of rotatable bonds is 10. The van der Waals surface area contributed by atoms with E-state index in [4.69, 9.17) is 9.40 Å². The lowest BCUT2D eigenvalue weighted by molar-refractivity contribution is -0.136. The molecule has 1 atom stereocenters. The molecule has 0 bridgehead atoms. The van der Waals surface area contributed by atoms with Crippen molar-refractivity contribution >= 4 is 45.5 Å². The summed E-state index contributed by atoms with van der Waals surface area (Å²) in [6.45, 7) is 8.93. The van der Waals surface area contributed by atoms with E-state index >= 15 is 0 Å². The summed E-state index contributed by atoms with van der Waals surface area (Å²) in [5.41, 5.74) is 2.47. The van der Waals surface area contributed by atoms with Gasteiger partial charge in [0.2, 0.25) is 5.91 Å². The first-order valence-corrected chi connectivity index (χ1v) is 15.1. The monoisotopic (exact) mass is 550 g/mol. The van der Waals surface area contributed by atoms with Crippen molar-refractivity contribution in [1.29, 1.82) is 0 Å². The minimum absolute atomic E-state index is 0.0660. The molecule has 0 radical (unpaired) electrons. The lowest BCUT2D eigenvalue weighted by Gasteiger charge is -2.34. The van der Waals surface area contributed by atoms with Crippen LogP contribution in [0, 0.1) is 5.92 Å². The van der Waals surface area contributed by atoms with Crippen LogP contribution in [0.15, 0.2) is 51.6 Å². The summed E-state index contributed by atoms with van der Waals surface area (Å²) in [4.78, 5) is 35.5. The smallest absolute Gasteiger partial charge is 0.262 e. The second-order valence-electron chi connectivity index (χ2n) is 9.61. The Kier molecular flexibility index (Phi) is 8.56. The predicted molar refractivity (Wildman–Crippen MR) is 155 cm³/mol. The van der Waals surface area contributed by atoms with Gasteiger partial charge in [-0.1, -0.05) is 18.2 Å². The summed E-state index contributed by atoms with van der Waals surface area (Å²) < 4.78 is 5.96. The number of thiazole rings is 1. The van der Waals surface area contributed by atoms with Gasteiger partial charge in [0.05, 0.1) is 5.92 Å². The van der Waals surface area contributed by atoms with E-state index in [1.54, 1.807) is 0 Å². The molecule has 1 N–H and O–H groups in total. The van der Waals surface area contributed by atoms with Gasteiger partial charge in [-0.2, -0.15) is 0 Å². The number of carbonyl (C=O) groups excluding carboxylic acids is 2. The molecule has 1 aromatic carbocycles. The molecule has 4 heterocycles. The molecule has 3 aromatic heterocycles. The molecule has 38 heavy (non-hydrogen) atoms. The molecule has 1 saturated heterocycles. The van der Waals surface area contributed by atoms with Gasteiger partial charge in [-0.05, 0) is 69.8 Å². The van der Waals surface area contributed by atoms with E-state index < -0.39 is 0 Å². The quantitative estimate of drug-likeness (QED) is 0.246. The van der Waals surface area contributed by atoms with E-state index in [-0.39, 0.29) is 17.7 Å². The second-order valence-corrected chi connectivity index (χ2v) is 11.4. The fourth-order valence-electron chi connectivity index (χ4n) is 5.11. The van der Waals surface area contributed by atoms with Crippen LogP contribution in [0.4, 0.5) is 0 Å². The van der Waals surface area contributed by atoms with Gasteiger partial charge < -0.3 is 19.5 Å². The number of aromatic nitrogens is 1. The Labute approximate surface area is 231 Å². The lowest BCUT2D eigenvalue weighted by atomic mass is 9.96. The molecular weight excluding hydrogens is 516 g/mol. The number of nitrogens with zero attached hydrogens (tertiary/aromatic N) is 3. The molecule has 2 amide bonds. The highest BCUT2D eigenvalue weighted by molar-refractivity contribution is 7.15. The molecule has 0 saturated carbocycles. The molecule has 0 spiro atoms. The highest BCUT2D eigenvalue weighted by atomic mass is 32.1. The Morgan fingerprint density at radius 2 is 2.03 bits per heavy atom. The van der Waals surface area contributed by atoms with Crippen LogP contribution in [-0.2, 0) is 4.79 Å². The topological polar surface area (TPSA) is 78.7 Å². The summed E-state index contributed by atoms with van der Waals surface area (Å²) in [6.07, 6.45) is 2.87. The number of likely N-dealkylation sites (tertiary alicyclic amines) is 1. The first-order valence-electron chi connectivity index (χ1n) is 13.4. The van der Waals surface area contributed by atoms with E-state index in [0.29, 0.717) is 11.4 Å². The van der Waals surface area contributed by atoms with Gasteiger partial charge in [-0.3, -0.25) is 9.59 Å². The van der Waals surface area contributed by atoms with Crippen LogP contribution in [0.3, 0.4) is 0 Å². The summed E-state index contributed by atoms with van der Waals surface area (Å²) in [5, 5.41) is 8.86. The van der Waals surface area contributed by atoms with Gasteiger partial charge in [0.25, 0.3) is 5.91 Å². The number of furan rings is 1.